The fraction of sp³-hybridized carbons (Fsp3) is 0.385. The van der Waals surface area contributed by atoms with Crippen molar-refractivity contribution in [1.82, 2.24) is 4.72 Å². The summed E-state index contributed by atoms with van der Waals surface area (Å²) in [5.41, 5.74) is -0.135. The minimum Gasteiger partial charge on any atom is -0.480 e. The second-order valence-corrected chi connectivity index (χ2v) is 7.01. The highest BCUT2D eigenvalue weighted by atomic mass is 35.5. The van der Waals surface area contributed by atoms with Crippen molar-refractivity contribution >= 4 is 27.6 Å². The van der Waals surface area contributed by atoms with Gasteiger partial charge in [-0.25, -0.2) is 8.42 Å². The molecular weight excluding hydrogens is 316 g/mol. The van der Waals surface area contributed by atoms with Crippen LogP contribution in [-0.4, -0.2) is 25.5 Å². The molecule has 6 nitrogen and oxygen atoms in total. The molecule has 0 radical (unpaired) electrons. The van der Waals surface area contributed by atoms with Crippen molar-refractivity contribution in [2.24, 2.45) is 5.92 Å². The van der Waals surface area contributed by atoms with E-state index in [0.717, 1.165) is 0 Å². The molecule has 1 atom stereocenters. The van der Waals surface area contributed by atoms with E-state index in [-0.39, 0.29) is 27.8 Å². The first-order valence-corrected chi connectivity index (χ1v) is 7.98. The molecule has 0 saturated heterocycles. The van der Waals surface area contributed by atoms with Crippen LogP contribution in [0.25, 0.3) is 0 Å². The van der Waals surface area contributed by atoms with Gasteiger partial charge in [0.05, 0.1) is 10.5 Å². The molecule has 0 fully saturated rings. The summed E-state index contributed by atoms with van der Waals surface area (Å²) in [6.45, 7) is 3.57. The lowest BCUT2D eigenvalue weighted by molar-refractivity contribution is -0.139. The van der Waals surface area contributed by atoms with Gasteiger partial charge >= 0.3 is 5.97 Å². The summed E-state index contributed by atoms with van der Waals surface area (Å²) in [6, 6.07) is 4.21. The van der Waals surface area contributed by atoms with Crippen molar-refractivity contribution in [2.45, 2.75) is 31.2 Å². The SMILES string of the molecule is CC(C)C[C@@H](NS(=O)(=O)c1ccc(Cl)cc1C#N)C(=O)O. The first-order valence-electron chi connectivity index (χ1n) is 6.12. The Bertz CT molecular complexity index is 680. The van der Waals surface area contributed by atoms with Crippen LogP contribution < -0.4 is 4.72 Å². The van der Waals surface area contributed by atoms with Crippen molar-refractivity contribution in [3.63, 3.8) is 0 Å². The van der Waals surface area contributed by atoms with Gasteiger partial charge in [-0.1, -0.05) is 25.4 Å². The van der Waals surface area contributed by atoms with Crippen LogP contribution in [0.1, 0.15) is 25.8 Å². The van der Waals surface area contributed by atoms with Gasteiger partial charge in [0.25, 0.3) is 0 Å². The summed E-state index contributed by atoms with van der Waals surface area (Å²) >= 11 is 5.71. The highest BCUT2D eigenvalue weighted by molar-refractivity contribution is 7.89. The lowest BCUT2D eigenvalue weighted by atomic mass is 10.1. The van der Waals surface area contributed by atoms with Gasteiger partial charge < -0.3 is 5.11 Å². The maximum atomic E-state index is 12.3. The number of rotatable bonds is 6. The van der Waals surface area contributed by atoms with E-state index in [0.29, 0.717) is 0 Å². The number of hydrogen-bond acceptors (Lipinski definition) is 4. The zero-order chi connectivity index (χ0) is 16.2. The van der Waals surface area contributed by atoms with E-state index in [1.807, 2.05) is 0 Å². The summed E-state index contributed by atoms with van der Waals surface area (Å²) in [5.74, 6) is -1.27. The number of nitrogens with one attached hydrogen (secondary N) is 1. The molecule has 0 amide bonds. The number of halogens is 1. The van der Waals surface area contributed by atoms with E-state index in [9.17, 15) is 13.2 Å². The van der Waals surface area contributed by atoms with Crippen LogP contribution in [0.15, 0.2) is 23.1 Å². The minimum atomic E-state index is -4.12. The number of hydrogen-bond donors (Lipinski definition) is 2. The largest absolute Gasteiger partial charge is 0.480 e. The fourth-order valence-electron chi connectivity index (χ4n) is 1.75. The van der Waals surface area contributed by atoms with Crippen LogP contribution in [0.3, 0.4) is 0 Å². The average Bonchev–Trinajstić information content (AvgIpc) is 2.36. The Kier molecular flexibility index (Phi) is 5.72. The van der Waals surface area contributed by atoms with Crippen molar-refractivity contribution in [2.75, 3.05) is 0 Å². The number of carboxylic acid groups (broad SMARTS) is 1. The van der Waals surface area contributed by atoms with Crippen LogP contribution >= 0.6 is 11.6 Å². The van der Waals surface area contributed by atoms with Gasteiger partial charge in [0.15, 0.2) is 0 Å². The Morgan fingerprint density at radius 3 is 2.57 bits per heavy atom. The van der Waals surface area contributed by atoms with Gasteiger partial charge in [0, 0.05) is 5.02 Å². The van der Waals surface area contributed by atoms with Crippen LogP contribution in [0, 0.1) is 17.2 Å². The minimum absolute atomic E-state index is 0.00513. The Morgan fingerprint density at radius 1 is 1.48 bits per heavy atom. The maximum absolute atomic E-state index is 12.3. The Balaban J connectivity index is 3.17. The summed E-state index contributed by atoms with van der Waals surface area (Å²) in [7, 11) is -4.12. The van der Waals surface area contributed by atoms with Crippen LogP contribution in [-0.2, 0) is 14.8 Å². The lowest BCUT2D eigenvalue weighted by Crippen LogP contribution is -2.41. The van der Waals surface area contributed by atoms with E-state index in [1.54, 1.807) is 19.9 Å². The molecule has 0 aliphatic rings. The zero-order valence-corrected chi connectivity index (χ0v) is 13.1. The number of nitriles is 1. The highest BCUT2D eigenvalue weighted by Gasteiger charge is 2.27. The third-order valence-corrected chi connectivity index (χ3v) is 4.42. The molecule has 0 saturated carbocycles. The second-order valence-electron chi connectivity index (χ2n) is 4.89. The van der Waals surface area contributed by atoms with Crippen LogP contribution in [0.5, 0.6) is 0 Å². The van der Waals surface area contributed by atoms with Gasteiger partial charge in [-0.2, -0.15) is 9.98 Å². The first-order chi connectivity index (χ1) is 9.67. The molecular formula is C13H15ClN2O4S. The van der Waals surface area contributed by atoms with Crippen molar-refractivity contribution in [3.05, 3.63) is 28.8 Å². The number of carboxylic acids is 1. The summed E-state index contributed by atoms with van der Waals surface area (Å²) in [6.07, 6.45) is 0.143. The molecule has 1 rings (SSSR count). The number of nitrogens with zero attached hydrogens (tertiary/aromatic N) is 1. The van der Waals surface area contributed by atoms with E-state index in [2.05, 4.69) is 4.72 Å². The monoisotopic (exact) mass is 330 g/mol. The predicted molar refractivity (Wildman–Crippen MR) is 77.4 cm³/mol. The van der Waals surface area contributed by atoms with Gasteiger partial charge in [-0.15, -0.1) is 0 Å². The van der Waals surface area contributed by atoms with Crippen LogP contribution in [0.2, 0.25) is 5.02 Å². The molecule has 1 aromatic carbocycles. The normalized spacial score (nSPS) is 12.9. The second kappa shape index (κ2) is 6.89. The standard InChI is InChI=1S/C13H15ClN2O4S/c1-8(2)5-11(13(17)18)16-21(19,20)12-4-3-10(14)6-9(12)7-15/h3-4,6,8,11,16H,5H2,1-2H3,(H,17,18)/t11-/m1/s1. The average molecular weight is 331 g/mol. The van der Waals surface area contributed by atoms with Crippen LogP contribution in [0.4, 0.5) is 0 Å². The maximum Gasteiger partial charge on any atom is 0.321 e. The first kappa shape index (κ1) is 17.4. The molecule has 1 aromatic rings. The third-order valence-electron chi connectivity index (χ3n) is 2.65. The Labute approximate surface area is 128 Å². The van der Waals surface area contributed by atoms with E-state index in [4.69, 9.17) is 22.0 Å². The molecule has 0 bridgehead atoms. The molecule has 0 heterocycles. The van der Waals surface area contributed by atoms with Gasteiger partial charge in [0.1, 0.15) is 12.1 Å². The molecule has 0 aliphatic heterocycles. The predicted octanol–water partition coefficient (Wildman–Crippen LogP) is 1.99. The van der Waals surface area contributed by atoms with Crippen molar-refractivity contribution < 1.29 is 18.3 Å². The number of carbonyl (C=O) groups is 1. The number of aliphatic carboxylic acids is 1. The molecule has 8 heteroatoms. The smallest absolute Gasteiger partial charge is 0.321 e. The zero-order valence-electron chi connectivity index (χ0n) is 11.5. The Morgan fingerprint density at radius 2 is 2.10 bits per heavy atom. The quantitative estimate of drug-likeness (QED) is 0.829. The molecule has 21 heavy (non-hydrogen) atoms. The Hall–Kier alpha value is -1.62. The van der Waals surface area contributed by atoms with Crippen molar-refractivity contribution in [1.29, 1.82) is 5.26 Å². The topological polar surface area (TPSA) is 107 Å². The highest BCUT2D eigenvalue weighted by Crippen LogP contribution is 2.20. The number of sulfonamides is 1. The molecule has 0 spiro atoms. The third kappa shape index (κ3) is 4.70. The molecule has 0 aliphatic carbocycles. The van der Waals surface area contributed by atoms with Crippen molar-refractivity contribution in [3.8, 4) is 6.07 Å². The van der Waals surface area contributed by atoms with E-state index in [1.165, 1.54) is 18.2 Å². The summed E-state index contributed by atoms with van der Waals surface area (Å²) in [5, 5.41) is 18.3. The van der Waals surface area contributed by atoms with Gasteiger partial charge in [-0.3, -0.25) is 4.79 Å². The van der Waals surface area contributed by atoms with E-state index >= 15 is 0 Å². The molecule has 2 N–H and O–H groups in total. The lowest BCUT2D eigenvalue weighted by Gasteiger charge is -2.17. The fourth-order valence-corrected chi connectivity index (χ4v) is 3.26. The summed E-state index contributed by atoms with van der Waals surface area (Å²) in [4.78, 5) is 10.9. The molecule has 114 valence electrons. The van der Waals surface area contributed by atoms with Gasteiger partial charge in [-0.05, 0) is 30.5 Å². The summed E-state index contributed by atoms with van der Waals surface area (Å²) < 4.78 is 26.6. The van der Waals surface area contributed by atoms with Gasteiger partial charge in [0.2, 0.25) is 10.0 Å². The molecule has 0 aromatic heterocycles. The number of benzene rings is 1. The van der Waals surface area contributed by atoms with E-state index < -0.39 is 22.0 Å². The molecule has 0 unspecified atom stereocenters.